The van der Waals surface area contributed by atoms with Crippen molar-refractivity contribution in [1.82, 2.24) is 19.7 Å². The fraction of sp³-hybridized carbons (Fsp3) is 0.314. The second-order valence-corrected chi connectivity index (χ2v) is 12.6. The summed E-state index contributed by atoms with van der Waals surface area (Å²) in [6.45, 7) is 5.76. The number of aromatic nitrogens is 3. The Bertz CT molecular complexity index is 1770. The number of para-hydroxylation sites is 2. The zero-order chi connectivity index (χ0) is 32.8. The number of thioether (sulfide) groups is 1. The number of nitrogens with one attached hydrogen (secondary N) is 2. The Morgan fingerprint density at radius 3 is 2.51 bits per heavy atom. The van der Waals surface area contributed by atoms with Gasteiger partial charge in [0.2, 0.25) is 11.1 Å². The molecular weight excluding hydrogens is 636 g/mol. The molecule has 6 rings (SSSR count). The number of likely N-dealkylation sites (tertiary alicyclic amines) is 1. The molecule has 2 aliphatic heterocycles. The Labute approximate surface area is 283 Å². The molecule has 12 heteroatoms. The minimum absolute atomic E-state index is 0.00828. The maximum atomic E-state index is 14.1. The van der Waals surface area contributed by atoms with Crippen LogP contribution in [0.3, 0.4) is 0 Å². The molecule has 0 aliphatic carbocycles. The Morgan fingerprint density at radius 1 is 1.00 bits per heavy atom. The van der Waals surface area contributed by atoms with Gasteiger partial charge in [-0.1, -0.05) is 65.8 Å². The number of hydrogen-bond acceptors (Lipinski definition) is 8. The number of carbonyl (C=O) groups is 2. The van der Waals surface area contributed by atoms with Crippen LogP contribution in [0, 0.1) is 0 Å². The highest BCUT2D eigenvalue weighted by Gasteiger charge is 2.35. The van der Waals surface area contributed by atoms with Gasteiger partial charge in [0, 0.05) is 29.6 Å². The van der Waals surface area contributed by atoms with Crippen molar-refractivity contribution in [3.05, 3.63) is 100 Å². The minimum Gasteiger partial charge on any atom is -0.492 e. The van der Waals surface area contributed by atoms with Crippen LogP contribution in [0.25, 0.3) is 0 Å². The molecule has 2 N–H and O–H groups in total. The van der Waals surface area contributed by atoms with Crippen LogP contribution in [0.15, 0.2) is 89.2 Å². The average Bonchev–Trinajstić information content (AvgIpc) is 3.50. The van der Waals surface area contributed by atoms with Gasteiger partial charge in [-0.05, 0) is 74.6 Å². The average molecular weight is 673 g/mol. The fourth-order valence-corrected chi connectivity index (χ4v) is 6.83. The molecule has 4 aromatic rings. The van der Waals surface area contributed by atoms with Gasteiger partial charge in [0.05, 0.1) is 17.9 Å². The molecular formula is C35H37ClN6O4S. The maximum Gasteiger partial charge on any atom is 0.260 e. The second kappa shape index (κ2) is 15.0. The number of halogens is 1. The van der Waals surface area contributed by atoms with E-state index >= 15 is 0 Å². The highest BCUT2D eigenvalue weighted by Crippen LogP contribution is 2.38. The van der Waals surface area contributed by atoms with Crippen LogP contribution in [0.4, 0.5) is 11.6 Å². The molecule has 1 fully saturated rings. The lowest BCUT2D eigenvalue weighted by molar-refractivity contribution is -0.134. The van der Waals surface area contributed by atoms with Gasteiger partial charge in [0.1, 0.15) is 17.5 Å². The Balaban J connectivity index is 1.27. The maximum absolute atomic E-state index is 14.1. The van der Waals surface area contributed by atoms with E-state index in [1.165, 1.54) is 11.8 Å². The first-order chi connectivity index (χ1) is 22.9. The number of hydrogen-bond donors (Lipinski definition) is 2. The van der Waals surface area contributed by atoms with Crippen molar-refractivity contribution < 1.29 is 19.1 Å². The number of nitrogens with zero attached hydrogens (tertiary/aromatic N) is 4. The van der Waals surface area contributed by atoms with E-state index in [4.69, 9.17) is 31.2 Å². The van der Waals surface area contributed by atoms with Crippen LogP contribution in [0.5, 0.6) is 11.5 Å². The van der Waals surface area contributed by atoms with E-state index in [2.05, 4.69) is 10.6 Å². The standard InChI is InChI=1S/C35H37ClN6O4S/c1-3-45-29-14-8-7-13-28(29)38-33(44)31-23(2)37-34-39-35(47-22-25-11-5-6-12-27(25)36)40-42(34)32(31)24-15-17-26(18-16-24)46-21-30(43)41-19-9-4-10-20-41/h5-8,11-18,32H,3-4,9-10,19-22H2,1-2H3,(H,38,44)(H,37,39,40). The molecule has 1 aromatic heterocycles. The summed E-state index contributed by atoms with van der Waals surface area (Å²) in [6, 6.07) is 21.9. The van der Waals surface area contributed by atoms with Gasteiger partial charge >= 0.3 is 0 Å². The first-order valence-corrected chi connectivity index (χ1v) is 17.1. The predicted octanol–water partition coefficient (Wildman–Crippen LogP) is 6.94. The Hall–Kier alpha value is -4.48. The van der Waals surface area contributed by atoms with Crippen molar-refractivity contribution in [2.75, 3.05) is 36.9 Å². The van der Waals surface area contributed by atoms with Crippen LogP contribution in [-0.2, 0) is 15.3 Å². The summed E-state index contributed by atoms with van der Waals surface area (Å²) < 4.78 is 13.4. The van der Waals surface area contributed by atoms with Crippen LogP contribution < -0.4 is 20.1 Å². The lowest BCUT2D eigenvalue weighted by Crippen LogP contribution is -2.38. The van der Waals surface area contributed by atoms with Gasteiger partial charge in [-0.2, -0.15) is 4.98 Å². The third kappa shape index (κ3) is 7.58. The van der Waals surface area contributed by atoms with Gasteiger partial charge < -0.3 is 25.0 Å². The number of anilines is 2. The molecule has 244 valence electrons. The van der Waals surface area contributed by atoms with E-state index in [0.29, 0.717) is 56.9 Å². The van der Waals surface area contributed by atoms with E-state index < -0.39 is 6.04 Å². The second-order valence-electron chi connectivity index (χ2n) is 11.3. The topological polar surface area (TPSA) is 111 Å². The molecule has 0 saturated carbocycles. The molecule has 0 bridgehead atoms. The molecule has 3 aromatic carbocycles. The van der Waals surface area contributed by atoms with Gasteiger partial charge in [-0.15, -0.1) is 5.10 Å². The molecule has 1 unspecified atom stereocenters. The summed E-state index contributed by atoms with van der Waals surface area (Å²) in [7, 11) is 0. The van der Waals surface area contributed by atoms with Gasteiger partial charge in [-0.25, -0.2) is 4.68 Å². The molecule has 3 heterocycles. The van der Waals surface area contributed by atoms with Gasteiger partial charge in [0.25, 0.3) is 11.8 Å². The van der Waals surface area contributed by atoms with Crippen LogP contribution in [0.1, 0.15) is 50.3 Å². The molecule has 0 spiro atoms. The summed E-state index contributed by atoms with van der Waals surface area (Å²) in [5.41, 5.74) is 3.48. The highest BCUT2D eigenvalue weighted by molar-refractivity contribution is 7.98. The number of benzene rings is 3. The molecule has 47 heavy (non-hydrogen) atoms. The Morgan fingerprint density at radius 2 is 1.74 bits per heavy atom. The summed E-state index contributed by atoms with van der Waals surface area (Å²) in [6.07, 6.45) is 3.22. The lowest BCUT2D eigenvalue weighted by Gasteiger charge is -2.29. The first-order valence-electron chi connectivity index (χ1n) is 15.8. The quantitative estimate of drug-likeness (QED) is 0.165. The van der Waals surface area contributed by atoms with Crippen LogP contribution in [0.2, 0.25) is 5.02 Å². The lowest BCUT2D eigenvalue weighted by atomic mass is 9.95. The molecule has 1 saturated heterocycles. The smallest absolute Gasteiger partial charge is 0.260 e. The normalized spacial score (nSPS) is 15.9. The predicted molar refractivity (Wildman–Crippen MR) is 184 cm³/mol. The number of allylic oxidation sites excluding steroid dienone is 1. The number of fused-ring (bicyclic) bond motifs is 1. The molecule has 10 nitrogen and oxygen atoms in total. The minimum atomic E-state index is -0.600. The van der Waals surface area contributed by atoms with Crippen LogP contribution in [-0.4, -0.2) is 57.8 Å². The van der Waals surface area contributed by atoms with Crippen LogP contribution >= 0.6 is 23.4 Å². The summed E-state index contributed by atoms with van der Waals surface area (Å²) in [5.74, 6) is 1.96. The zero-order valence-corrected chi connectivity index (χ0v) is 27.9. The van der Waals surface area contributed by atoms with E-state index in [1.807, 2.05) is 91.5 Å². The van der Waals surface area contributed by atoms with Gasteiger partial charge in [-0.3, -0.25) is 9.59 Å². The van der Waals surface area contributed by atoms with Crippen molar-refractivity contribution >= 4 is 46.8 Å². The van der Waals surface area contributed by atoms with Gasteiger partial charge in [0.15, 0.2) is 6.61 Å². The molecule has 0 radical (unpaired) electrons. The van der Waals surface area contributed by atoms with E-state index in [1.54, 1.807) is 4.68 Å². The molecule has 2 amide bonds. The monoisotopic (exact) mass is 672 g/mol. The molecule has 2 aliphatic rings. The van der Waals surface area contributed by atoms with Crippen molar-refractivity contribution in [3.8, 4) is 11.5 Å². The third-order valence-corrected chi connectivity index (χ3v) is 9.35. The third-order valence-electron chi connectivity index (χ3n) is 8.09. The van der Waals surface area contributed by atoms with Crippen molar-refractivity contribution in [2.45, 2.75) is 50.1 Å². The van der Waals surface area contributed by atoms with E-state index in [-0.39, 0.29) is 18.4 Å². The number of rotatable bonds is 11. The SMILES string of the molecule is CCOc1ccccc1NC(=O)C1=C(C)Nc2nc(SCc3ccccc3Cl)nn2C1c1ccc(OCC(=O)N2CCCCC2)cc1. The number of piperidine rings is 1. The van der Waals surface area contributed by atoms with Crippen molar-refractivity contribution in [3.63, 3.8) is 0 Å². The van der Waals surface area contributed by atoms with Crippen molar-refractivity contribution in [1.29, 1.82) is 0 Å². The number of ether oxygens (including phenoxy) is 2. The molecule has 1 atom stereocenters. The summed E-state index contributed by atoms with van der Waals surface area (Å²) in [5, 5.41) is 12.4. The summed E-state index contributed by atoms with van der Waals surface area (Å²) >= 11 is 7.86. The van der Waals surface area contributed by atoms with E-state index in [0.717, 1.165) is 43.5 Å². The number of amides is 2. The largest absolute Gasteiger partial charge is 0.492 e. The van der Waals surface area contributed by atoms with E-state index in [9.17, 15) is 9.59 Å². The Kier molecular flexibility index (Phi) is 10.3. The zero-order valence-electron chi connectivity index (χ0n) is 26.4. The number of carbonyl (C=O) groups excluding carboxylic acids is 2. The highest BCUT2D eigenvalue weighted by atomic mass is 35.5. The summed E-state index contributed by atoms with van der Waals surface area (Å²) in [4.78, 5) is 33.3. The first kappa shape index (κ1) is 32.5. The fourth-order valence-electron chi connectivity index (χ4n) is 5.72. The van der Waals surface area contributed by atoms with Crippen molar-refractivity contribution in [2.24, 2.45) is 0 Å².